The molecule has 5 nitrogen and oxygen atoms in total. The fraction of sp³-hybridized carbons (Fsp3) is 0.235. The van der Waals surface area contributed by atoms with E-state index < -0.39 is 16.0 Å². The highest BCUT2D eigenvalue weighted by atomic mass is 79.9. The second-order valence-corrected chi connectivity index (χ2v) is 9.04. The average molecular weight is 491 g/mol. The van der Waals surface area contributed by atoms with Crippen molar-refractivity contribution in [2.24, 2.45) is 0 Å². The van der Waals surface area contributed by atoms with Crippen LogP contribution in [-0.2, 0) is 21.3 Å². The molecule has 0 aliphatic heterocycles. The smallest absolute Gasteiger partial charge is 0.338 e. The van der Waals surface area contributed by atoms with Crippen molar-refractivity contribution in [3.05, 3.63) is 62.5 Å². The van der Waals surface area contributed by atoms with Gasteiger partial charge in [0.2, 0.25) is 10.0 Å². The molecule has 2 aromatic carbocycles. The van der Waals surface area contributed by atoms with Gasteiger partial charge in [-0.05, 0) is 58.7 Å². The highest BCUT2D eigenvalue weighted by molar-refractivity contribution is 9.10. The SMILES string of the molecule is CCOC(=O)c1ccc(S(=O)(=O)N(C)Cc2ccc(Br)cc2)c(Br)c1. The van der Waals surface area contributed by atoms with Gasteiger partial charge in [-0.3, -0.25) is 0 Å². The van der Waals surface area contributed by atoms with Gasteiger partial charge in [-0.15, -0.1) is 0 Å². The fourth-order valence-electron chi connectivity index (χ4n) is 2.15. The molecule has 0 fully saturated rings. The average Bonchev–Trinajstić information content (AvgIpc) is 2.56. The quantitative estimate of drug-likeness (QED) is 0.569. The summed E-state index contributed by atoms with van der Waals surface area (Å²) in [5, 5.41) is 0. The van der Waals surface area contributed by atoms with E-state index in [0.717, 1.165) is 10.0 Å². The normalized spacial score (nSPS) is 11.6. The molecule has 0 aliphatic rings. The van der Waals surface area contributed by atoms with Gasteiger partial charge in [0.15, 0.2) is 0 Å². The van der Waals surface area contributed by atoms with Crippen LogP contribution in [0.1, 0.15) is 22.8 Å². The van der Waals surface area contributed by atoms with E-state index in [9.17, 15) is 13.2 Å². The largest absolute Gasteiger partial charge is 0.462 e. The minimum Gasteiger partial charge on any atom is -0.462 e. The van der Waals surface area contributed by atoms with Crippen LogP contribution in [0.15, 0.2) is 56.3 Å². The molecule has 0 aliphatic carbocycles. The molecule has 0 bridgehead atoms. The third-order valence-electron chi connectivity index (χ3n) is 3.45. The topological polar surface area (TPSA) is 63.7 Å². The van der Waals surface area contributed by atoms with E-state index in [0.29, 0.717) is 10.0 Å². The standard InChI is InChI=1S/C17H17Br2NO4S/c1-3-24-17(21)13-6-9-16(15(19)10-13)25(22,23)20(2)11-12-4-7-14(18)8-5-12/h4-10H,3,11H2,1-2H3. The Bertz CT molecular complexity index is 867. The predicted molar refractivity (Wildman–Crippen MR) is 103 cm³/mol. The van der Waals surface area contributed by atoms with Crippen LogP contribution < -0.4 is 0 Å². The van der Waals surface area contributed by atoms with Gasteiger partial charge in [-0.1, -0.05) is 28.1 Å². The van der Waals surface area contributed by atoms with Crippen LogP contribution >= 0.6 is 31.9 Å². The molecule has 0 atom stereocenters. The molecule has 0 radical (unpaired) electrons. The van der Waals surface area contributed by atoms with Gasteiger partial charge < -0.3 is 4.74 Å². The van der Waals surface area contributed by atoms with Crippen molar-refractivity contribution in [2.75, 3.05) is 13.7 Å². The van der Waals surface area contributed by atoms with Crippen LogP contribution in [-0.4, -0.2) is 32.3 Å². The van der Waals surface area contributed by atoms with E-state index in [-0.39, 0.29) is 18.0 Å². The predicted octanol–water partition coefficient (Wildman–Crippen LogP) is 4.21. The molecule has 25 heavy (non-hydrogen) atoms. The van der Waals surface area contributed by atoms with Gasteiger partial charge in [0.25, 0.3) is 0 Å². The lowest BCUT2D eigenvalue weighted by atomic mass is 10.2. The third-order valence-corrected chi connectivity index (χ3v) is 6.76. The first-order valence-electron chi connectivity index (χ1n) is 7.43. The molecule has 0 amide bonds. The summed E-state index contributed by atoms with van der Waals surface area (Å²) in [6, 6.07) is 11.7. The summed E-state index contributed by atoms with van der Waals surface area (Å²) in [5.74, 6) is -0.490. The molecule has 0 spiro atoms. The van der Waals surface area contributed by atoms with Gasteiger partial charge in [-0.25, -0.2) is 13.2 Å². The zero-order valence-corrected chi connectivity index (χ0v) is 17.7. The van der Waals surface area contributed by atoms with Crippen LogP contribution in [0.4, 0.5) is 0 Å². The minimum atomic E-state index is -3.71. The van der Waals surface area contributed by atoms with E-state index in [2.05, 4.69) is 31.9 Å². The Morgan fingerprint density at radius 3 is 2.32 bits per heavy atom. The number of rotatable bonds is 6. The van der Waals surface area contributed by atoms with Crippen molar-refractivity contribution in [3.63, 3.8) is 0 Å². The first kappa shape index (κ1) is 20.1. The Hall–Kier alpha value is -1.22. The maximum atomic E-state index is 12.8. The molecule has 0 heterocycles. The molecule has 2 aromatic rings. The van der Waals surface area contributed by atoms with E-state index in [4.69, 9.17) is 4.74 Å². The number of carbonyl (C=O) groups excluding carboxylic acids is 1. The molecule has 8 heteroatoms. The molecule has 2 rings (SSSR count). The highest BCUT2D eigenvalue weighted by Crippen LogP contribution is 2.27. The maximum Gasteiger partial charge on any atom is 0.338 e. The Kier molecular flexibility index (Phi) is 6.79. The minimum absolute atomic E-state index is 0.0974. The summed E-state index contributed by atoms with van der Waals surface area (Å²) >= 11 is 6.60. The maximum absolute atomic E-state index is 12.8. The monoisotopic (exact) mass is 489 g/mol. The lowest BCUT2D eigenvalue weighted by molar-refractivity contribution is 0.0526. The summed E-state index contributed by atoms with van der Waals surface area (Å²) in [4.78, 5) is 11.9. The number of ether oxygens (including phenoxy) is 1. The molecule has 0 saturated carbocycles. The number of halogens is 2. The van der Waals surface area contributed by atoms with Crippen LogP contribution in [0.25, 0.3) is 0 Å². The molecule has 0 unspecified atom stereocenters. The second-order valence-electron chi connectivity index (χ2n) is 5.25. The number of carbonyl (C=O) groups is 1. The highest BCUT2D eigenvalue weighted by Gasteiger charge is 2.24. The summed E-state index contributed by atoms with van der Waals surface area (Å²) in [6.07, 6.45) is 0. The Balaban J connectivity index is 2.26. The zero-order chi connectivity index (χ0) is 18.6. The van der Waals surface area contributed by atoms with E-state index in [1.165, 1.54) is 29.6 Å². The number of sulfonamides is 1. The van der Waals surface area contributed by atoms with E-state index in [1.807, 2.05) is 24.3 Å². The summed E-state index contributed by atoms with van der Waals surface area (Å²) < 4.78 is 33.0. The van der Waals surface area contributed by atoms with Crippen LogP contribution in [0.3, 0.4) is 0 Å². The van der Waals surface area contributed by atoms with Crippen molar-refractivity contribution in [3.8, 4) is 0 Å². The van der Waals surface area contributed by atoms with Gasteiger partial charge in [0.05, 0.1) is 17.1 Å². The van der Waals surface area contributed by atoms with Gasteiger partial charge in [-0.2, -0.15) is 4.31 Å². The Morgan fingerprint density at radius 2 is 1.76 bits per heavy atom. The van der Waals surface area contributed by atoms with Crippen LogP contribution in [0, 0.1) is 0 Å². The fourth-order valence-corrected chi connectivity index (χ4v) is 4.61. The van der Waals surface area contributed by atoms with Gasteiger partial charge in [0.1, 0.15) is 0 Å². The van der Waals surface area contributed by atoms with Crippen molar-refractivity contribution < 1.29 is 17.9 Å². The first-order valence-corrected chi connectivity index (χ1v) is 10.5. The number of nitrogens with zero attached hydrogens (tertiary/aromatic N) is 1. The van der Waals surface area contributed by atoms with E-state index >= 15 is 0 Å². The Morgan fingerprint density at radius 1 is 1.12 bits per heavy atom. The van der Waals surface area contributed by atoms with Crippen LogP contribution in [0.5, 0.6) is 0 Å². The third kappa shape index (κ3) is 4.91. The molecular formula is C17H17Br2NO4S. The van der Waals surface area contributed by atoms with E-state index in [1.54, 1.807) is 6.92 Å². The van der Waals surface area contributed by atoms with Crippen LogP contribution in [0.2, 0.25) is 0 Å². The first-order chi connectivity index (χ1) is 11.8. The molecule has 0 N–H and O–H groups in total. The molecule has 0 saturated heterocycles. The lowest BCUT2D eigenvalue weighted by Gasteiger charge is -2.18. The van der Waals surface area contributed by atoms with Crippen molar-refractivity contribution in [1.29, 1.82) is 0 Å². The zero-order valence-electron chi connectivity index (χ0n) is 13.7. The summed E-state index contributed by atoms with van der Waals surface area (Å²) in [6.45, 7) is 2.21. The number of hydrogen-bond acceptors (Lipinski definition) is 4. The molecule has 0 aromatic heterocycles. The summed E-state index contributed by atoms with van der Waals surface area (Å²) in [7, 11) is -2.19. The number of esters is 1. The molecular weight excluding hydrogens is 474 g/mol. The number of hydrogen-bond donors (Lipinski definition) is 0. The van der Waals surface area contributed by atoms with Gasteiger partial charge in [0, 0.05) is 22.5 Å². The van der Waals surface area contributed by atoms with Crippen molar-refractivity contribution in [1.82, 2.24) is 4.31 Å². The summed E-state index contributed by atoms with van der Waals surface area (Å²) in [5.41, 5.74) is 1.16. The lowest BCUT2D eigenvalue weighted by Crippen LogP contribution is -2.27. The Labute approximate surface area is 164 Å². The second kappa shape index (κ2) is 8.44. The molecule has 134 valence electrons. The van der Waals surface area contributed by atoms with Crippen molar-refractivity contribution >= 4 is 47.9 Å². The number of benzene rings is 2. The van der Waals surface area contributed by atoms with Crippen molar-refractivity contribution in [2.45, 2.75) is 18.4 Å². The van der Waals surface area contributed by atoms with Gasteiger partial charge >= 0.3 is 5.97 Å².